The molecular weight excluding hydrogens is 267 g/mol. The van der Waals surface area contributed by atoms with E-state index in [9.17, 15) is 9.50 Å². The highest BCUT2D eigenvalue weighted by molar-refractivity contribution is 5.49. The zero-order valence-electron chi connectivity index (χ0n) is 13.8. The molecule has 0 aliphatic carbocycles. The summed E-state index contributed by atoms with van der Waals surface area (Å²) in [5.74, 6) is -0.252. The van der Waals surface area contributed by atoms with E-state index in [1.54, 1.807) is 19.1 Å². The molecule has 120 valence electrons. The van der Waals surface area contributed by atoms with E-state index in [1.807, 2.05) is 6.92 Å². The molecule has 1 aromatic rings. The quantitative estimate of drug-likeness (QED) is 0.756. The molecule has 1 rings (SSSR count). The van der Waals surface area contributed by atoms with Gasteiger partial charge in [-0.05, 0) is 57.6 Å². The first-order chi connectivity index (χ1) is 10.0. The standard InChI is InChI=1S/C17H29FN2O/c1-5-19(6-2)11-8-12-20(7-3)17-10-9-15(14(4)21)13-16(17)18/h9-10,13-14,21H,5-8,11-12H2,1-4H3/t14-/m1/s1. The van der Waals surface area contributed by atoms with Crippen molar-refractivity contribution in [2.45, 2.75) is 40.2 Å². The van der Waals surface area contributed by atoms with Gasteiger partial charge in [0.1, 0.15) is 5.82 Å². The highest BCUT2D eigenvalue weighted by Gasteiger charge is 2.12. The monoisotopic (exact) mass is 296 g/mol. The fraction of sp³-hybridized carbons (Fsp3) is 0.647. The molecule has 0 bridgehead atoms. The van der Waals surface area contributed by atoms with E-state index in [-0.39, 0.29) is 5.82 Å². The molecular formula is C17H29FN2O. The Morgan fingerprint density at radius 2 is 1.76 bits per heavy atom. The predicted molar refractivity (Wildman–Crippen MR) is 87.3 cm³/mol. The second-order valence-corrected chi connectivity index (χ2v) is 5.35. The number of halogens is 1. The maximum atomic E-state index is 14.2. The Bertz CT molecular complexity index is 419. The third kappa shape index (κ3) is 5.29. The van der Waals surface area contributed by atoms with Crippen LogP contribution in [0.15, 0.2) is 18.2 Å². The lowest BCUT2D eigenvalue weighted by Gasteiger charge is -2.26. The summed E-state index contributed by atoms with van der Waals surface area (Å²) in [5, 5.41) is 9.51. The van der Waals surface area contributed by atoms with Crippen LogP contribution in [0.1, 0.15) is 45.8 Å². The Labute approximate surface area is 128 Å². The van der Waals surface area contributed by atoms with E-state index >= 15 is 0 Å². The molecule has 0 saturated heterocycles. The minimum absolute atomic E-state index is 0.252. The van der Waals surface area contributed by atoms with Crippen LogP contribution in [0.3, 0.4) is 0 Å². The van der Waals surface area contributed by atoms with Gasteiger partial charge in [0.2, 0.25) is 0 Å². The fourth-order valence-electron chi connectivity index (χ4n) is 2.51. The Balaban J connectivity index is 2.67. The molecule has 1 N–H and O–H groups in total. The van der Waals surface area contributed by atoms with Crippen molar-refractivity contribution in [1.82, 2.24) is 4.90 Å². The molecule has 0 radical (unpaired) electrons. The number of aliphatic hydroxyl groups excluding tert-OH is 1. The summed E-state index contributed by atoms with van der Waals surface area (Å²) < 4.78 is 14.2. The first-order valence-corrected chi connectivity index (χ1v) is 7.98. The summed E-state index contributed by atoms with van der Waals surface area (Å²) >= 11 is 0. The summed E-state index contributed by atoms with van der Waals surface area (Å²) in [7, 11) is 0. The fourth-order valence-corrected chi connectivity index (χ4v) is 2.51. The van der Waals surface area contributed by atoms with Crippen molar-refractivity contribution in [3.63, 3.8) is 0 Å². The number of benzene rings is 1. The number of aliphatic hydroxyl groups is 1. The molecule has 1 atom stereocenters. The molecule has 1 aromatic carbocycles. The van der Waals surface area contributed by atoms with E-state index in [0.29, 0.717) is 11.3 Å². The lowest BCUT2D eigenvalue weighted by Crippen LogP contribution is -2.30. The minimum Gasteiger partial charge on any atom is -0.389 e. The van der Waals surface area contributed by atoms with Crippen molar-refractivity contribution < 1.29 is 9.50 Å². The van der Waals surface area contributed by atoms with Crippen LogP contribution in [-0.2, 0) is 0 Å². The summed E-state index contributed by atoms with van der Waals surface area (Å²) in [4.78, 5) is 4.44. The van der Waals surface area contributed by atoms with Crippen LogP contribution in [0.25, 0.3) is 0 Å². The number of anilines is 1. The van der Waals surface area contributed by atoms with Gasteiger partial charge in [-0.1, -0.05) is 19.9 Å². The largest absolute Gasteiger partial charge is 0.389 e. The SMILES string of the molecule is CCN(CC)CCCN(CC)c1ccc([C@@H](C)O)cc1F. The van der Waals surface area contributed by atoms with Crippen LogP contribution in [0, 0.1) is 5.82 Å². The average molecular weight is 296 g/mol. The lowest BCUT2D eigenvalue weighted by atomic mass is 10.1. The third-order valence-corrected chi connectivity index (χ3v) is 3.97. The third-order valence-electron chi connectivity index (χ3n) is 3.97. The van der Waals surface area contributed by atoms with Crippen molar-refractivity contribution in [3.8, 4) is 0 Å². The van der Waals surface area contributed by atoms with Crippen LogP contribution >= 0.6 is 0 Å². The Hall–Kier alpha value is -1.13. The van der Waals surface area contributed by atoms with Crippen molar-refractivity contribution in [2.24, 2.45) is 0 Å². The summed E-state index contributed by atoms with van der Waals surface area (Å²) in [6.45, 7) is 12.8. The van der Waals surface area contributed by atoms with Crippen molar-refractivity contribution in [3.05, 3.63) is 29.6 Å². The van der Waals surface area contributed by atoms with Gasteiger partial charge in [-0.3, -0.25) is 0 Å². The van der Waals surface area contributed by atoms with Gasteiger partial charge >= 0.3 is 0 Å². The summed E-state index contributed by atoms with van der Waals surface area (Å²) in [6.07, 6.45) is 0.388. The van der Waals surface area contributed by atoms with Gasteiger partial charge < -0.3 is 14.9 Å². The first-order valence-electron chi connectivity index (χ1n) is 7.98. The maximum Gasteiger partial charge on any atom is 0.146 e. The van der Waals surface area contributed by atoms with Crippen LogP contribution in [0.4, 0.5) is 10.1 Å². The molecule has 4 heteroatoms. The van der Waals surface area contributed by atoms with E-state index in [1.165, 1.54) is 6.07 Å². The molecule has 0 unspecified atom stereocenters. The van der Waals surface area contributed by atoms with Crippen LogP contribution < -0.4 is 4.90 Å². The highest BCUT2D eigenvalue weighted by atomic mass is 19.1. The molecule has 0 aliphatic heterocycles. The van der Waals surface area contributed by atoms with Crippen molar-refractivity contribution >= 4 is 5.69 Å². The van der Waals surface area contributed by atoms with Gasteiger partial charge in [0.25, 0.3) is 0 Å². The normalized spacial score (nSPS) is 12.7. The van der Waals surface area contributed by atoms with Gasteiger partial charge in [-0.15, -0.1) is 0 Å². The number of hydrogen-bond acceptors (Lipinski definition) is 3. The zero-order valence-corrected chi connectivity index (χ0v) is 13.8. The topological polar surface area (TPSA) is 26.7 Å². The average Bonchev–Trinajstić information content (AvgIpc) is 2.48. The van der Waals surface area contributed by atoms with Gasteiger partial charge in [-0.2, -0.15) is 0 Å². The van der Waals surface area contributed by atoms with Crippen molar-refractivity contribution in [2.75, 3.05) is 37.6 Å². The van der Waals surface area contributed by atoms with Crippen molar-refractivity contribution in [1.29, 1.82) is 0 Å². The van der Waals surface area contributed by atoms with Gasteiger partial charge in [0.05, 0.1) is 11.8 Å². The van der Waals surface area contributed by atoms with E-state index < -0.39 is 6.10 Å². The molecule has 0 amide bonds. The Morgan fingerprint density at radius 3 is 2.24 bits per heavy atom. The van der Waals surface area contributed by atoms with Crippen LogP contribution in [0.2, 0.25) is 0 Å². The smallest absolute Gasteiger partial charge is 0.146 e. The molecule has 0 saturated carbocycles. The number of hydrogen-bond donors (Lipinski definition) is 1. The molecule has 0 heterocycles. The van der Waals surface area contributed by atoms with Gasteiger partial charge in [-0.25, -0.2) is 4.39 Å². The second kappa shape index (κ2) is 9.00. The van der Waals surface area contributed by atoms with Crippen LogP contribution in [-0.4, -0.2) is 42.7 Å². The highest BCUT2D eigenvalue weighted by Crippen LogP contribution is 2.23. The zero-order chi connectivity index (χ0) is 15.8. The number of rotatable bonds is 9. The number of nitrogens with zero attached hydrogens (tertiary/aromatic N) is 2. The van der Waals surface area contributed by atoms with E-state index in [4.69, 9.17) is 0 Å². The van der Waals surface area contributed by atoms with Gasteiger partial charge in [0.15, 0.2) is 0 Å². The summed E-state index contributed by atoms with van der Waals surface area (Å²) in [6, 6.07) is 5.02. The summed E-state index contributed by atoms with van der Waals surface area (Å²) in [5.41, 5.74) is 1.25. The second-order valence-electron chi connectivity index (χ2n) is 5.35. The molecule has 3 nitrogen and oxygen atoms in total. The maximum absolute atomic E-state index is 14.2. The molecule has 0 aromatic heterocycles. The Morgan fingerprint density at radius 1 is 1.10 bits per heavy atom. The Kier molecular flexibility index (Phi) is 7.68. The first kappa shape index (κ1) is 17.9. The van der Waals surface area contributed by atoms with Crippen LogP contribution in [0.5, 0.6) is 0 Å². The van der Waals surface area contributed by atoms with E-state index in [2.05, 4.69) is 23.6 Å². The molecule has 21 heavy (non-hydrogen) atoms. The lowest BCUT2D eigenvalue weighted by molar-refractivity contribution is 0.199. The molecule has 0 spiro atoms. The molecule has 0 aliphatic rings. The van der Waals surface area contributed by atoms with E-state index in [0.717, 1.165) is 39.1 Å². The minimum atomic E-state index is -0.633. The molecule has 0 fully saturated rings. The van der Waals surface area contributed by atoms with Gasteiger partial charge in [0, 0.05) is 13.1 Å². The predicted octanol–water partition coefficient (Wildman–Crippen LogP) is 3.44.